The summed E-state index contributed by atoms with van der Waals surface area (Å²) in [4.78, 5) is 34.8. The van der Waals surface area contributed by atoms with Crippen molar-refractivity contribution < 1.29 is 22.8 Å². The highest BCUT2D eigenvalue weighted by atomic mass is 32.2. The van der Waals surface area contributed by atoms with Crippen LogP contribution in [0.1, 0.15) is 6.42 Å². The highest BCUT2D eigenvalue weighted by Gasteiger charge is 2.25. The molecular weight excluding hydrogens is 388 g/mol. The van der Waals surface area contributed by atoms with E-state index >= 15 is 0 Å². The molecule has 11 nitrogen and oxygen atoms in total. The summed E-state index contributed by atoms with van der Waals surface area (Å²) in [5.74, 6) is -2.11. The first-order chi connectivity index (χ1) is 13.1. The van der Waals surface area contributed by atoms with Crippen LogP contribution in [-0.4, -0.2) is 66.1 Å². The van der Waals surface area contributed by atoms with Gasteiger partial charge in [-0.3, -0.25) is 18.7 Å². The number of hydrogen-bond donors (Lipinski definition) is 5. The normalized spacial score (nSPS) is 10.8. The van der Waals surface area contributed by atoms with Crippen molar-refractivity contribution in [3.63, 3.8) is 0 Å². The van der Waals surface area contributed by atoms with Crippen molar-refractivity contribution in [1.82, 2.24) is 10.6 Å². The van der Waals surface area contributed by atoms with E-state index in [0.717, 1.165) is 10.6 Å². The fraction of sp³-hybridized carbons (Fsp3) is 0.438. The number of primary amides is 1. The summed E-state index contributed by atoms with van der Waals surface area (Å²) < 4.78 is 24.7. The van der Waals surface area contributed by atoms with Gasteiger partial charge >= 0.3 is 0 Å². The van der Waals surface area contributed by atoms with Crippen LogP contribution in [0.3, 0.4) is 0 Å². The molecule has 12 heteroatoms. The minimum Gasteiger partial charge on any atom is -0.370 e. The maximum atomic E-state index is 12.1. The SMILES string of the molecule is CN.CN.CNC(=O)[C@H](CC(N)=O)NC(=O)CN(c1ccccc1)S(C)(=O)=O. The smallest absolute Gasteiger partial charge is 0.242 e. The minimum absolute atomic E-state index is 0.307. The van der Waals surface area contributed by atoms with E-state index in [4.69, 9.17) is 5.73 Å². The molecule has 0 saturated carbocycles. The molecule has 1 rings (SSSR count). The van der Waals surface area contributed by atoms with Gasteiger partial charge in [0.15, 0.2) is 0 Å². The summed E-state index contributed by atoms with van der Waals surface area (Å²) in [7, 11) is 0.625. The number of likely N-dealkylation sites (N-methyl/N-ethyl adjacent to an activating group) is 1. The molecule has 0 bridgehead atoms. The maximum Gasteiger partial charge on any atom is 0.242 e. The fourth-order valence-electron chi connectivity index (χ4n) is 1.95. The van der Waals surface area contributed by atoms with Crippen molar-refractivity contribution in [3.8, 4) is 0 Å². The number of hydrogen-bond acceptors (Lipinski definition) is 7. The van der Waals surface area contributed by atoms with Crippen LogP contribution in [0.15, 0.2) is 30.3 Å². The van der Waals surface area contributed by atoms with Gasteiger partial charge in [0.2, 0.25) is 27.7 Å². The lowest BCUT2D eigenvalue weighted by Gasteiger charge is -2.23. The van der Waals surface area contributed by atoms with Gasteiger partial charge in [-0.05, 0) is 26.2 Å². The molecule has 0 aliphatic rings. The lowest BCUT2D eigenvalue weighted by atomic mass is 10.2. The Morgan fingerprint density at radius 3 is 1.96 bits per heavy atom. The summed E-state index contributed by atoms with van der Waals surface area (Å²) in [5.41, 5.74) is 14.4. The minimum atomic E-state index is -3.72. The highest BCUT2D eigenvalue weighted by Crippen LogP contribution is 2.16. The van der Waals surface area contributed by atoms with Crippen LogP contribution in [0, 0.1) is 0 Å². The zero-order chi connectivity index (χ0) is 22.3. The fourth-order valence-corrected chi connectivity index (χ4v) is 2.81. The molecule has 1 aromatic rings. The second-order valence-corrected chi connectivity index (χ2v) is 6.92. The molecule has 0 spiro atoms. The van der Waals surface area contributed by atoms with Crippen molar-refractivity contribution in [2.24, 2.45) is 17.2 Å². The molecule has 0 aromatic heterocycles. The average molecular weight is 419 g/mol. The van der Waals surface area contributed by atoms with E-state index in [0.29, 0.717) is 5.69 Å². The Morgan fingerprint density at radius 2 is 1.57 bits per heavy atom. The number of benzene rings is 1. The molecule has 1 aromatic carbocycles. The number of sulfonamides is 1. The van der Waals surface area contributed by atoms with E-state index in [-0.39, 0.29) is 0 Å². The monoisotopic (exact) mass is 418 g/mol. The molecule has 3 amide bonds. The molecule has 160 valence electrons. The second kappa shape index (κ2) is 14.4. The maximum absolute atomic E-state index is 12.1. The molecular formula is C16H30N6O5S. The predicted octanol–water partition coefficient (Wildman–Crippen LogP) is -2.29. The summed E-state index contributed by atoms with van der Waals surface area (Å²) >= 11 is 0. The van der Waals surface area contributed by atoms with E-state index in [9.17, 15) is 22.8 Å². The third-order valence-corrected chi connectivity index (χ3v) is 4.18. The van der Waals surface area contributed by atoms with Gasteiger partial charge in [-0.2, -0.15) is 0 Å². The second-order valence-electron chi connectivity index (χ2n) is 5.01. The number of nitrogens with two attached hydrogens (primary N) is 3. The van der Waals surface area contributed by atoms with Gasteiger partial charge in [0, 0.05) is 7.05 Å². The lowest BCUT2D eigenvalue weighted by Crippen LogP contribution is -2.51. The van der Waals surface area contributed by atoms with Crippen molar-refractivity contribution >= 4 is 33.4 Å². The number of carbonyl (C=O) groups is 3. The van der Waals surface area contributed by atoms with Crippen LogP contribution < -0.4 is 32.1 Å². The van der Waals surface area contributed by atoms with Gasteiger partial charge in [0.1, 0.15) is 12.6 Å². The molecule has 1 atom stereocenters. The number of anilines is 1. The number of amides is 3. The van der Waals surface area contributed by atoms with Crippen LogP contribution >= 0.6 is 0 Å². The van der Waals surface area contributed by atoms with Gasteiger partial charge in [0.25, 0.3) is 0 Å². The first-order valence-corrected chi connectivity index (χ1v) is 9.97. The highest BCUT2D eigenvalue weighted by molar-refractivity contribution is 7.92. The Balaban J connectivity index is 0. The van der Waals surface area contributed by atoms with Crippen LogP contribution in [-0.2, 0) is 24.4 Å². The quantitative estimate of drug-likeness (QED) is 0.313. The zero-order valence-electron chi connectivity index (χ0n) is 16.5. The summed E-state index contributed by atoms with van der Waals surface area (Å²) in [6.45, 7) is -0.533. The first-order valence-electron chi connectivity index (χ1n) is 8.12. The van der Waals surface area contributed by atoms with E-state index < -0.39 is 46.8 Å². The molecule has 0 unspecified atom stereocenters. The molecule has 8 N–H and O–H groups in total. The summed E-state index contributed by atoms with van der Waals surface area (Å²) in [6.07, 6.45) is 0.572. The Kier molecular flexibility index (Phi) is 14.1. The van der Waals surface area contributed by atoms with E-state index in [1.165, 1.54) is 33.3 Å². The van der Waals surface area contributed by atoms with Crippen LogP contribution in [0.2, 0.25) is 0 Å². The third kappa shape index (κ3) is 10.4. The largest absolute Gasteiger partial charge is 0.370 e. The van der Waals surface area contributed by atoms with Crippen molar-refractivity contribution in [2.75, 3.05) is 38.2 Å². The van der Waals surface area contributed by atoms with E-state index in [1.54, 1.807) is 18.2 Å². The average Bonchev–Trinajstić information content (AvgIpc) is 2.67. The molecule has 0 fully saturated rings. The van der Waals surface area contributed by atoms with Crippen molar-refractivity contribution in [1.29, 1.82) is 0 Å². The first kappa shape index (κ1) is 27.5. The molecule has 0 aliphatic heterocycles. The lowest BCUT2D eigenvalue weighted by molar-refractivity contribution is -0.130. The molecule has 0 radical (unpaired) electrons. The Bertz CT molecular complexity index is 711. The van der Waals surface area contributed by atoms with Crippen LogP contribution in [0.4, 0.5) is 5.69 Å². The van der Waals surface area contributed by atoms with Crippen molar-refractivity contribution in [3.05, 3.63) is 30.3 Å². The van der Waals surface area contributed by atoms with Gasteiger partial charge in [-0.1, -0.05) is 18.2 Å². The Labute approximate surface area is 165 Å². The van der Waals surface area contributed by atoms with Crippen LogP contribution in [0.25, 0.3) is 0 Å². The Morgan fingerprint density at radius 1 is 1.07 bits per heavy atom. The number of nitrogens with zero attached hydrogens (tertiary/aromatic N) is 1. The Hall–Kier alpha value is -2.70. The number of rotatable bonds is 8. The molecule has 0 heterocycles. The van der Waals surface area contributed by atoms with Crippen LogP contribution in [0.5, 0.6) is 0 Å². The van der Waals surface area contributed by atoms with E-state index in [2.05, 4.69) is 22.1 Å². The van der Waals surface area contributed by atoms with Gasteiger partial charge in [-0.15, -0.1) is 0 Å². The van der Waals surface area contributed by atoms with E-state index in [1.807, 2.05) is 0 Å². The molecule has 0 saturated heterocycles. The summed E-state index contributed by atoms with van der Waals surface area (Å²) in [6, 6.07) is 6.87. The predicted molar refractivity (Wildman–Crippen MR) is 109 cm³/mol. The summed E-state index contributed by atoms with van der Waals surface area (Å²) in [5, 5.41) is 4.61. The van der Waals surface area contributed by atoms with Gasteiger partial charge in [0.05, 0.1) is 18.4 Å². The molecule has 28 heavy (non-hydrogen) atoms. The number of carbonyl (C=O) groups excluding carboxylic acids is 3. The number of para-hydroxylation sites is 1. The van der Waals surface area contributed by atoms with Gasteiger partial charge < -0.3 is 27.8 Å². The van der Waals surface area contributed by atoms with Gasteiger partial charge in [-0.25, -0.2) is 8.42 Å². The molecule has 0 aliphatic carbocycles. The number of nitrogens with one attached hydrogen (secondary N) is 2. The zero-order valence-corrected chi connectivity index (χ0v) is 17.3. The van der Waals surface area contributed by atoms with Crippen molar-refractivity contribution in [2.45, 2.75) is 12.5 Å². The topological polar surface area (TPSA) is 191 Å². The standard InChI is InChI=1S/C14H20N4O5S.2CH5N/c1-16-14(21)11(8-12(15)19)17-13(20)9-18(24(2,22)23)10-6-4-3-5-7-10;2*1-2/h3-7,11H,8-9H2,1-2H3,(H2,15,19)(H,16,21)(H,17,20);2*2H2,1H3/t11-;;/m0../s1. The third-order valence-electron chi connectivity index (χ3n) is 3.04.